The lowest BCUT2D eigenvalue weighted by molar-refractivity contribution is -0.140. The van der Waals surface area contributed by atoms with Crippen LogP contribution in [0.3, 0.4) is 0 Å². The van der Waals surface area contributed by atoms with Gasteiger partial charge in [-0.05, 0) is 42.9 Å². The maximum absolute atomic E-state index is 12.9. The standard InChI is InChI=1S/C19H24ClN3O3/c1-12-7-13(2)10-22(9-12)16(24)11-23-17(25)19(3,21-18(23)26)14-5-4-6-15(20)8-14/h4-6,8,12-13H,7,9-11H2,1-3H3,(H,21,26). The van der Waals surface area contributed by atoms with E-state index in [2.05, 4.69) is 19.2 Å². The summed E-state index contributed by atoms with van der Waals surface area (Å²) in [5.41, 5.74) is -0.622. The molecule has 2 fully saturated rings. The van der Waals surface area contributed by atoms with Crippen molar-refractivity contribution in [3.8, 4) is 0 Å². The van der Waals surface area contributed by atoms with Gasteiger partial charge in [0, 0.05) is 18.1 Å². The van der Waals surface area contributed by atoms with Crippen LogP contribution in [-0.2, 0) is 15.1 Å². The van der Waals surface area contributed by atoms with Crippen LogP contribution in [0.4, 0.5) is 4.79 Å². The van der Waals surface area contributed by atoms with E-state index in [0.717, 1.165) is 11.3 Å². The van der Waals surface area contributed by atoms with Crippen LogP contribution < -0.4 is 5.32 Å². The molecule has 3 atom stereocenters. The quantitative estimate of drug-likeness (QED) is 0.823. The Morgan fingerprint density at radius 1 is 1.27 bits per heavy atom. The summed E-state index contributed by atoms with van der Waals surface area (Å²) in [5.74, 6) is 0.212. The third-order valence-electron chi connectivity index (χ3n) is 5.19. The monoisotopic (exact) mass is 377 g/mol. The number of rotatable bonds is 3. The Kier molecular flexibility index (Phi) is 4.97. The highest BCUT2D eigenvalue weighted by molar-refractivity contribution is 6.30. The second kappa shape index (κ2) is 6.91. The highest BCUT2D eigenvalue weighted by atomic mass is 35.5. The minimum atomic E-state index is -1.22. The molecule has 26 heavy (non-hydrogen) atoms. The molecule has 1 aromatic rings. The Bertz CT molecular complexity index is 743. The minimum Gasteiger partial charge on any atom is -0.341 e. The lowest BCUT2D eigenvalue weighted by atomic mass is 9.91. The topological polar surface area (TPSA) is 69.7 Å². The Balaban J connectivity index is 1.76. The van der Waals surface area contributed by atoms with Gasteiger partial charge in [0.2, 0.25) is 5.91 Å². The molecule has 0 aliphatic carbocycles. The van der Waals surface area contributed by atoms with Gasteiger partial charge < -0.3 is 10.2 Å². The van der Waals surface area contributed by atoms with Gasteiger partial charge in [0.25, 0.3) is 5.91 Å². The molecule has 4 amide bonds. The number of nitrogens with one attached hydrogen (secondary N) is 1. The first kappa shape index (κ1) is 18.7. The highest BCUT2D eigenvalue weighted by Gasteiger charge is 2.49. The second-order valence-electron chi connectivity index (χ2n) is 7.70. The fourth-order valence-corrected chi connectivity index (χ4v) is 4.13. The highest BCUT2D eigenvalue weighted by Crippen LogP contribution is 2.30. The molecule has 2 aliphatic rings. The average Bonchev–Trinajstić information content (AvgIpc) is 2.78. The molecular formula is C19H24ClN3O3. The van der Waals surface area contributed by atoms with Gasteiger partial charge >= 0.3 is 6.03 Å². The van der Waals surface area contributed by atoms with Crippen molar-refractivity contribution in [2.24, 2.45) is 11.8 Å². The van der Waals surface area contributed by atoms with Gasteiger partial charge in [0.15, 0.2) is 0 Å². The van der Waals surface area contributed by atoms with E-state index < -0.39 is 17.5 Å². The summed E-state index contributed by atoms with van der Waals surface area (Å²) in [6.45, 7) is 6.95. The number of carbonyl (C=O) groups excluding carboxylic acids is 3. The third kappa shape index (κ3) is 3.43. The van der Waals surface area contributed by atoms with Crippen LogP contribution in [0.25, 0.3) is 0 Å². The molecule has 0 aromatic heterocycles. The van der Waals surface area contributed by atoms with Crippen molar-refractivity contribution in [2.75, 3.05) is 19.6 Å². The summed E-state index contributed by atoms with van der Waals surface area (Å²) in [5, 5.41) is 3.19. The maximum Gasteiger partial charge on any atom is 0.325 e. The van der Waals surface area contributed by atoms with Crippen LogP contribution in [0, 0.1) is 11.8 Å². The van der Waals surface area contributed by atoms with Gasteiger partial charge in [-0.3, -0.25) is 14.5 Å². The van der Waals surface area contributed by atoms with E-state index in [0.29, 0.717) is 35.5 Å². The van der Waals surface area contributed by atoms with E-state index in [1.807, 2.05) is 0 Å². The smallest absolute Gasteiger partial charge is 0.325 e. The van der Waals surface area contributed by atoms with Crippen LogP contribution in [0.15, 0.2) is 24.3 Å². The Labute approximate surface area is 158 Å². The zero-order valence-corrected chi connectivity index (χ0v) is 16.0. The van der Waals surface area contributed by atoms with E-state index in [1.165, 1.54) is 0 Å². The summed E-state index contributed by atoms with van der Waals surface area (Å²) < 4.78 is 0. The van der Waals surface area contributed by atoms with E-state index in [1.54, 1.807) is 36.1 Å². The number of carbonyl (C=O) groups is 3. The second-order valence-corrected chi connectivity index (χ2v) is 8.14. The SMILES string of the molecule is CC1CC(C)CN(C(=O)CN2C(=O)NC(C)(c3cccc(Cl)c3)C2=O)C1. The third-order valence-corrected chi connectivity index (χ3v) is 5.43. The molecule has 1 N–H and O–H groups in total. The number of halogens is 1. The Hall–Kier alpha value is -2.08. The summed E-state index contributed by atoms with van der Waals surface area (Å²) >= 11 is 6.02. The van der Waals surface area contributed by atoms with Gasteiger partial charge in [-0.15, -0.1) is 0 Å². The fourth-order valence-electron chi connectivity index (χ4n) is 3.94. The van der Waals surface area contributed by atoms with Crippen molar-refractivity contribution in [1.29, 1.82) is 0 Å². The van der Waals surface area contributed by atoms with Crippen LogP contribution >= 0.6 is 11.6 Å². The molecule has 0 saturated carbocycles. The van der Waals surface area contributed by atoms with Crippen LogP contribution in [0.2, 0.25) is 5.02 Å². The number of likely N-dealkylation sites (tertiary alicyclic amines) is 1. The van der Waals surface area contributed by atoms with E-state index in [4.69, 9.17) is 11.6 Å². The molecule has 7 heteroatoms. The first-order valence-corrected chi connectivity index (χ1v) is 9.26. The fraction of sp³-hybridized carbons (Fsp3) is 0.526. The van der Waals surface area contributed by atoms with Crippen molar-refractivity contribution < 1.29 is 14.4 Å². The predicted octanol–water partition coefficient (Wildman–Crippen LogP) is 2.61. The number of urea groups is 1. The van der Waals surface area contributed by atoms with Crippen molar-refractivity contribution in [3.63, 3.8) is 0 Å². The van der Waals surface area contributed by atoms with Gasteiger partial charge in [0.05, 0.1) is 0 Å². The number of piperidine rings is 1. The van der Waals surface area contributed by atoms with Crippen molar-refractivity contribution in [2.45, 2.75) is 32.7 Å². The molecule has 0 bridgehead atoms. The first-order valence-electron chi connectivity index (χ1n) is 8.88. The Morgan fingerprint density at radius 3 is 2.54 bits per heavy atom. The van der Waals surface area contributed by atoms with Crippen LogP contribution in [0.1, 0.15) is 32.8 Å². The number of imide groups is 1. The number of nitrogens with zero attached hydrogens (tertiary/aromatic N) is 2. The predicted molar refractivity (Wildman–Crippen MR) is 98.6 cm³/mol. The van der Waals surface area contributed by atoms with Gasteiger partial charge in [-0.25, -0.2) is 4.79 Å². The largest absolute Gasteiger partial charge is 0.341 e. The van der Waals surface area contributed by atoms with Gasteiger partial charge in [-0.1, -0.05) is 37.6 Å². The molecular weight excluding hydrogens is 354 g/mol. The molecule has 2 heterocycles. The molecule has 3 unspecified atom stereocenters. The zero-order chi connectivity index (χ0) is 19.1. The molecule has 0 spiro atoms. The molecule has 2 saturated heterocycles. The van der Waals surface area contributed by atoms with Crippen LogP contribution in [0.5, 0.6) is 0 Å². The molecule has 140 valence electrons. The zero-order valence-electron chi connectivity index (χ0n) is 15.3. The maximum atomic E-state index is 12.9. The number of hydrogen-bond acceptors (Lipinski definition) is 3. The first-order chi connectivity index (χ1) is 12.2. The van der Waals surface area contributed by atoms with Crippen molar-refractivity contribution >= 4 is 29.4 Å². The van der Waals surface area contributed by atoms with Gasteiger partial charge in [0.1, 0.15) is 12.1 Å². The number of hydrogen-bond donors (Lipinski definition) is 1. The molecule has 3 rings (SSSR count). The average molecular weight is 378 g/mol. The van der Waals surface area contributed by atoms with Gasteiger partial charge in [-0.2, -0.15) is 0 Å². The summed E-state index contributed by atoms with van der Waals surface area (Å²) in [6.07, 6.45) is 1.08. The lowest BCUT2D eigenvalue weighted by Gasteiger charge is -2.35. The molecule has 2 aliphatic heterocycles. The molecule has 1 aromatic carbocycles. The number of benzene rings is 1. The van der Waals surface area contributed by atoms with Crippen molar-refractivity contribution in [1.82, 2.24) is 15.1 Å². The Morgan fingerprint density at radius 2 is 1.92 bits per heavy atom. The van der Waals surface area contributed by atoms with E-state index in [-0.39, 0.29) is 12.5 Å². The van der Waals surface area contributed by atoms with Crippen LogP contribution in [-0.4, -0.2) is 47.3 Å². The molecule has 6 nitrogen and oxygen atoms in total. The van der Waals surface area contributed by atoms with E-state index in [9.17, 15) is 14.4 Å². The number of amides is 4. The van der Waals surface area contributed by atoms with E-state index >= 15 is 0 Å². The summed E-state index contributed by atoms with van der Waals surface area (Å²) in [7, 11) is 0. The lowest BCUT2D eigenvalue weighted by Crippen LogP contribution is -2.48. The summed E-state index contributed by atoms with van der Waals surface area (Å²) in [6, 6.07) is 6.27. The van der Waals surface area contributed by atoms with Crippen molar-refractivity contribution in [3.05, 3.63) is 34.9 Å². The normalized spacial score (nSPS) is 29.1. The minimum absolute atomic E-state index is 0.192. The summed E-state index contributed by atoms with van der Waals surface area (Å²) in [4.78, 5) is 40.8. The molecule has 0 radical (unpaired) electrons.